The second-order valence-electron chi connectivity index (χ2n) is 11.2. The number of methoxy groups -OCH3 is 1. The van der Waals surface area contributed by atoms with Gasteiger partial charge in [-0.1, -0.05) is 24.3 Å². The number of aryl methyl sites for hydroxylation is 1. The number of aromatic nitrogens is 4. The van der Waals surface area contributed by atoms with Crippen molar-refractivity contribution in [1.82, 2.24) is 19.5 Å². The van der Waals surface area contributed by atoms with Crippen molar-refractivity contribution in [3.05, 3.63) is 100 Å². The summed E-state index contributed by atoms with van der Waals surface area (Å²) in [4.78, 5) is 38.0. The van der Waals surface area contributed by atoms with Crippen LogP contribution >= 0.6 is 0 Å². The van der Waals surface area contributed by atoms with Crippen molar-refractivity contribution in [1.29, 1.82) is 0 Å². The fourth-order valence-corrected chi connectivity index (χ4v) is 6.74. The van der Waals surface area contributed by atoms with Crippen LogP contribution in [-0.2, 0) is 28.5 Å². The minimum absolute atomic E-state index is 0. The molecule has 1 unspecified atom stereocenters. The quantitative estimate of drug-likeness (QED) is 0.0860. The Morgan fingerprint density at radius 1 is 0.830 bits per heavy atom. The van der Waals surface area contributed by atoms with Gasteiger partial charge in [-0.15, -0.1) is 0 Å². The Balaban J connectivity index is 0.00000481. The number of ether oxygens (including phenoxy) is 1. The summed E-state index contributed by atoms with van der Waals surface area (Å²) in [5.74, 6) is -0.723. The molecule has 0 radical (unpaired) electrons. The minimum Gasteiger partial charge on any atom is -0.744 e. The van der Waals surface area contributed by atoms with Crippen LogP contribution in [0.25, 0.3) is 22.0 Å². The fraction of sp³-hybridized carbons (Fsp3) is 0.0606. The molecule has 264 valence electrons. The Morgan fingerprint density at radius 2 is 1.55 bits per heavy atom. The molecule has 0 spiro atoms. The van der Waals surface area contributed by atoms with Gasteiger partial charge in [0.05, 0.1) is 40.1 Å². The van der Waals surface area contributed by atoms with Gasteiger partial charge in [0.1, 0.15) is 27.2 Å². The van der Waals surface area contributed by atoms with Crippen LogP contribution in [0.4, 0.5) is 34.6 Å². The Labute approximate surface area is 324 Å². The van der Waals surface area contributed by atoms with E-state index in [0.29, 0.717) is 33.3 Å². The number of nitrogens with zero attached hydrogens (tertiary/aromatic N) is 4. The fourth-order valence-electron chi connectivity index (χ4n) is 5.83. The van der Waals surface area contributed by atoms with Crippen LogP contribution in [0.1, 0.15) is 15.9 Å². The number of fused-ring (bicyclic) bond motifs is 2. The predicted octanol–water partition coefficient (Wildman–Crippen LogP) is 0.961. The summed E-state index contributed by atoms with van der Waals surface area (Å²) in [6.45, 7) is 0. The molecule has 0 saturated carbocycles. The zero-order chi connectivity index (χ0) is 36.9. The Morgan fingerprint density at radius 3 is 2.25 bits per heavy atom. The van der Waals surface area contributed by atoms with Gasteiger partial charge in [0.25, 0.3) is 5.56 Å². The van der Waals surface area contributed by atoms with Crippen molar-refractivity contribution in [2.24, 2.45) is 7.05 Å². The average molecular weight is 765 g/mol. The molecule has 0 bridgehead atoms. The van der Waals surface area contributed by atoms with E-state index in [-0.39, 0.29) is 86.9 Å². The van der Waals surface area contributed by atoms with Gasteiger partial charge in [-0.2, -0.15) is 15.0 Å². The standard InChI is InChI=1S/C33H25N7O10S2.Na/c1-40-24-10-9-21(29-28(24)20(15-27(40)41)18-5-3-4-6-19(18)30(29)42)35-23-13-16(7-12-26(23)52(46,47)48)34-31-37-32(39-33(43)38-31)36-22-14-17(49-2)8-11-25(22)50-51(44)45;/h3-15,35H,1-2H3,(H,44,45)(H,46,47,48)(H3,34,36,37,38,39,43);/q;+1/p-2. The number of rotatable bonds is 10. The van der Waals surface area contributed by atoms with Crippen molar-refractivity contribution in [2.45, 2.75) is 4.90 Å². The number of benzene rings is 4. The number of hydrogen-bond donors (Lipinski definition) is 4. The number of hydrogen-bond acceptors (Lipinski definition) is 16. The zero-order valence-electron chi connectivity index (χ0n) is 27.7. The van der Waals surface area contributed by atoms with E-state index in [1.54, 1.807) is 37.4 Å². The van der Waals surface area contributed by atoms with Gasteiger partial charge in [0, 0.05) is 35.8 Å². The van der Waals surface area contributed by atoms with Crippen LogP contribution in [0.2, 0.25) is 0 Å². The first-order chi connectivity index (χ1) is 24.8. The van der Waals surface area contributed by atoms with Crippen molar-refractivity contribution in [3.8, 4) is 28.6 Å². The third kappa shape index (κ3) is 7.31. The molecule has 4 aromatic carbocycles. The van der Waals surface area contributed by atoms with Gasteiger partial charge < -0.3 is 43.6 Å². The number of carbonyl (C=O) groups is 1. The third-order valence-electron chi connectivity index (χ3n) is 8.09. The molecule has 0 fully saturated rings. The number of anilines is 6. The van der Waals surface area contributed by atoms with Gasteiger partial charge in [-0.25, -0.2) is 12.6 Å². The molecule has 2 aromatic heterocycles. The molecule has 20 heteroatoms. The molecule has 0 saturated heterocycles. The summed E-state index contributed by atoms with van der Waals surface area (Å²) in [7, 11) is -2.11. The molecule has 7 rings (SSSR count). The van der Waals surface area contributed by atoms with E-state index in [1.807, 2.05) is 0 Å². The normalized spacial score (nSPS) is 12.3. The van der Waals surface area contributed by atoms with Crippen molar-refractivity contribution in [2.75, 3.05) is 23.1 Å². The first-order valence-electron chi connectivity index (χ1n) is 14.9. The molecule has 4 N–H and O–H groups in total. The minimum atomic E-state index is -5.07. The largest absolute Gasteiger partial charge is 1.00 e. The van der Waals surface area contributed by atoms with E-state index < -0.39 is 32.4 Å². The van der Waals surface area contributed by atoms with Crippen LogP contribution in [0.5, 0.6) is 17.5 Å². The number of nitrogens with one attached hydrogen (secondary N) is 3. The molecule has 6 aromatic rings. The van der Waals surface area contributed by atoms with Crippen LogP contribution < -0.4 is 60.0 Å². The summed E-state index contributed by atoms with van der Waals surface area (Å²) >= 11 is -2.92. The summed E-state index contributed by atoms with van der Waals surface area (Å²) in [6.07, 6.45) is 0. The van der Waals surface area contributed by atoms with E-state index >= 15 is 0 Å². The van der Waals surface area contributed by atoms with Crippen LogP contribution in [0.15, 0.2) is 88.6 Å². The number of pyridine rings is 1. The van der Waals surface area contributed by atoms with Crippen molar-refractivity contribution < 1.29 is 70.1 Å². The number of carbonyl (C=O) groups excluding carboxylic acids is 1. The Hall–Kier alpha value is -5.41. The van der Waals surface area contributed by atoms with Gasteiger partial charge >= 0.3 is 35.6 Å². The third-order valence-corrected chi connectivity index (χ3v) is 9.30. The molecule has 17 nitrogen and oxygen atoms in total. The van der Waals surface area contributed by atoms with Crippen molar-refractivity contribution >= 4 is 72.8 Å². The van der Waals surface area contributed by atoms with Gasteiger partial charge in [-0.3, -0.25) is 9.59 Å². The predicted molar refractivity (Wildman–Crippen MR) is 186 cm³/mol. The van der Waals surface area contributed by atoms with Crippen LogP contribution in [0.3, 0.4) is 0 Å². The van der Waals surface area contributed by atoms with Gasteiger partial charge in [0.2, 0.25) is 11.9 Å². The molecular formula is C33H23N7NaO10S2-. The van der Waals surface area contributed by atoms with E-state index in [1.165, 1.54) is 54.1 Å². The molecule has 1 atom stereocenters. The maximum atomic E-state index is 14.0. The van der Waals surface area contributed by atoms with E-state index in [2.05, 4.69) is 30.9 Å². The SMILES string of the molecule is COc1ccc(OS(=O)[O-])c(Nc2nc(O)nc(Nc3ccc(S(=O)(=O)[O-])c(Nc4ccc5c6c(cc(=O)n5C)-c5ccccc5C(=O)c46)c3)n2)c1.[Na+]. The molecule has 0 amide bonds. The zero-order valence-corrected chi connectivity index (χ0v) is 31.4. The Kier molecular flexibility index (Phi) is 10.3. The summed E-state index contributed by atoms with van der Waals surface area (Å²) in [5, 5.41) is 19.2. The summed E-state index contributed by atoms with van der Waals surface area (Å²) < 4.78 is 71.0. The first kappa shape index (κ1) is 37.4. The van der Waals surface area contributed by atoms with Crippen LogP contribution in [0, 0.1) is 0 Å². The molecule has 0 aliphatic heterocycles. The average Bonchev–Trinajstić information content (AvgIpc) is 3.09. The Bertz CT molecular complexity index is 2670. The van der Waals surface area contributed by atoms with E-state index in [4.69, 9.17) is 8.92 Å². The molecule has 53 heavy (non-hydrogen) atoms. The smallest absolute Gasteiger partial charge is 0.744 e. The maximum Gasteiger partial charge on any atom is 1.00 e. The second-order valence-corrected chi connectivity index (χ2v) is 13.1. The van der Waals surface area contributed by atoms with Crippen LogP contribution in [-0.4, -0.2) is 59.3 Å². The number of ketones is 1. The molecule has 1 aliphatic carbocycles. The second kappa shape index (κ2) is 14.5. The van der Waals surface area contributed by atoms with Crippen molar-refractivity contribution in [3.63, 3.8) is 0 Å². The van der Waals surface area contributed by atoms with E-state index in [9.17, 15) is 36.4 Å². The molecule has 2 heterocycles. The summed E-state index contributed by atoms with van der Waals surface area (Å²) in [6, 6.07) is 18.3. The molecular weight excluding hydrogens is 742 g/mol. The topological polar surface area (TPSA) is 250 Å². The van der Waals surface area contributed by atoms with Gasteiger partial charge in [0.15, 0.2) is 11.5 Å². The maximum absolute atomic E-state index is 14.0. The monoisotopic (exact) mass is 764 g/mol. The van der Waals surface area contributed by atoms with E-state index in [0.717, 1.165) is 6.07 Å². The number of aromatic hydroxyl groups is 1. The summed E-state index contributed by atoms with van der Waals surface area (Å²) in [5.41, 5.74) is 1.88. The molecule has 1 aliphatic rings. The van der Waals surface area contributed by atoms with Gasteiger partial charge in [-0.05, 0) is 53.6 Å². The first-order valence-corrected chi connectivity index (χ1v) is 17.3.